The molecule has 15 N–H and O–H groups in total. The number of nitrogens with zero attached hydrogens (tertiary/aromatic N) is 1. The van der Waals surface area contributed by atoms with Crippen LogP contribution in [0.5, 0.6) is 5.75 Å². The highest BCUT2D eigenvalue weighted by Gasteiger charge is 2.68. The third-order valence-corrected chi connectivity index (χ3v) is 18.3. The first-order valence-corrected chi connectivity index (χ1v) is 28.2. The summed E-state index contributed by atoms with van der Waals surface area (Å²) in [7, 11) is 0. The van der Waals surface area contributed by atoms with Gasteiger partial charge in [0.15, 0.2) is 11.7 Å². The number of phenols is 1. The number of aliphatic hydroxyl groups is 5. The van der Waals surface area contributed by atoms with Crippen LogP contribution in [0.3, 0.4) is 0 Å². The topological polar surface area (TPSA) is 282 Å². The molecule has 0 saturated heterocycles. The molecule has 79 heavy (non-hydrogen) atoms. The van der Waals surface area contributed by atoms with E-state index in [4.69, 9.17) is 17.2 Å². The van der Waals surface area contributed by atoms with Crippen LogP contribution in [0, 0.1) is 22.7 Å². The third kappa shape index (κ3) is 12.3. The van der Waals surface area contributed by atoms with Gasteiger partial charge in [-0.25, -0.2) is 0 Å². The molecule has 3 aromatic rings. The van der Waals surface area contributed by atoms with E-state index < -0.39 is 70.6 Å². The van der Waals surface area contributed by atoms with Crippen LogP contribution in [-0.2, 0) is 28.9 Å². The second-order valence-corrected chi connectivity index (χ2v) is 23.5. The molecule has 2 aliphatic heterocycles. The number of guanidine groups is 1. The van der Waals surface area contributed by atoms with E-state index in [1.54, 1.807) is 31.2 Å². The van der Waals surface area contributed by atoms with Crippen molar-refractivity contribution in [1.82, 2.24) is 16.0 Å². The highest BCUT2D eigenvalue weighted by atomic mass is 16.3. The molecule has 8 rings (SSSR count). The number of fused-ring (bicyclic) bond motifs is 4. The summed E-state index contributed by atoms with van der Waals surface area (Å²) in [6, 6.07) is 19.0. The van der Waals surface area contributed by atoms with Crippen LogP contribution in [0.15, 0.2) is 142 Å². The molecule has 2 fully saturated rings. The SMILES string of the molecule is C=C(/C=C1\C=C[C@@]2(CC[C@@]3([C@@H]4CC[C@H](O)Cc5cccc(c5)C[C@@H]([C@H](CN=C(N)N)c5ccc(O)cc5)[C@H](O)CN[C@@H]5C(=O)N[C@@H](N)c6cccc(c65)CC(=O)/C(C)=C/4CC[C@@]3(C)O)[C@@H]2O)C(CO)=C1)[C@H](CC=C(C)C)NCC. The molecule has 1 amide bonds. The van der Waals surface area contributed by atoms with Gasteiger partial charge < -0.3 is 58.5 Å². The Morgan fingerprint density at radius 3 is 2.41 bits per heavy atom. The lowest BCUT2D eigenvalue weighted by Crippen LogP contribution is -2.61. The van der Waals surface area contributed by atoms with Crippen molar-refractivity contribution in [1.29, 1.82) is 0 Å². The lowest BCUT2D eigenvalue weighted by Gasteiger charge is -2.57. The number of phenolic OH excluding ortho intramolecular Hbond substituents is 1. The van der Waals surface area contributed by atoms with Crippen LogP contribution in [0.4, 0.5) is 0 Å². The first kappa shape index (κ1) is 59.1. The van der Waals surface area contributed by atoms with E-state index in [0.29, 0.717) is 59.9 Å². The average Bonchev–Trinajstić information content (AvgIpc) is 3.26. The molecule has 5 aliphatic rings. The summed E-state index contributed by atoms with van der Waals surface area (Å²) in [6.07, 6.45) is 9.47. The highest BCUT2D eigenvalue weighted by molar-refractivity contribution is 5.98. The maximum Gasteiger partial charge on any atom is 0.243 e. The van der Waals surface area contributed by atoms with Crippen molar-refractivity contribution in [2.24, 2.45) is 44.9 Å². The van der Waals surface area contributed by atoms with Crippen molar-refractivity contribution in [2.45, 2.75) is 147 Å². The number of nitrogens with one attached hydrogen (secondary N) is 3. The van der Waals surface area contributed by atoms with E-state index in [9.17, 15) is 35.4 Å². The maximum absolute atomic E-state index is 15.2. The number of likely N-dealkylation sites (N-methyl/N-ethyl adjacent to an activating group) is 1. The van der Waals surface area contributed by atoms with E-state index in [1.807, 2.05) is 73.7 Å². The number of rotatable bonds is 11. The maximum atomic E-state index is 15.2. The number of ketones is 1. The summed E-state index contributed by atoms with van der Waals surface area (Å²) in [4.78, 5) is 33.8. The minimum atomic E-state index is -1.43. The monoisotopic (exact) mass is 1080 g/mol. The number of hydrogen-bond donors (Lipinski definition) is 12. The quantitative estimate of drug-likeness (QED) is 0.0588. The predicted octanol–water partition coefficient (Wildman–Crippen LogP) is 6.11. The van der Waals surface area contributed by atoms with Gasteiger partial charge in [-0.1, -0.05) is 110 Å². The van der Waals surface area contributed by atoms with E-state index in [2.05, 4.69) is 54.4 Å². The van der Waals surface area contributed by atoms with Crippen LogP contribution < -0.4 is 33.2 Å². The van der Waals surface area contributed by atoms with Gasteiger partial charge in [-0.05, 0) is 172 Å². The van der Waals surface area contributed by atoms with Crippen molar-refractivity contribution >= 4 is 17.6 Å². The number of aliphatic hydroxyl groups excluding tert-OH is 4. The molecule has 2 spiro atoms. The number of benzene rings is 3. The van der Waals surface area contributed by atoms with E-state index >= 15 is 4.79 Å². The Hall–Kier alpha value is -6.01. The van der Waals surface area contributed by atoms with Gasteiger partial charge in [0.2, 0.25) is 5.91 Å². The molecule has 0 unspecified atom stereocenters. The minimum absolute atomic E-state index is 0.00405. The summed E-state index contributed by atoms with van der Waals surface area (Å²) in [5.41, 5.74) is 23.9. The number of carbonyl (C=O) groups excluding carboxylic acids is 2. The molecule has 3 aromatic carbocycles. The zero-order valence-electron chi connectivity index (χ0n) is 46.7. The number of carbonyl (C=O) groups is 2. The Kier molecular flexibility index (Phi) is 18.5. The van der Waals surface area contributed by atoms with Crippen LogP contribution in [0.1, 0.15) is 131 Å². The Morgan fingerprint density at radius 1 is 0.987 bits per heavy atom. The Labute approximate surface area is 466 Å². The molecule has 3 aliphatic carbocycles. The second kappa shape index (κ2) is 24.8. The van der Waals surface area contributed by atoms with Gasteiger partial charge in [0.1, 0.15) is 18.0 Å². The molecule has 2 bridgehead atoms. The van der Waals surface area contributed by atoms with Crippen molar-refractivity contribution in [3.05, 3.63) is 171 Å². The molecular formula is C64H85N7O8. The van der Waals surface area contributed by atoms with Gasteiger partial charge in [0.25, 0.3) is 0 Å². The van der Waals surface area contributed by atoms with Crippen molar-refractivity contribution in [2.75, 3.05) is 26.2 Å². The van der Waals surface area contributed by atoms with E-state index in [-0.39, 0.29) is 68.9 Å². The summed E-state index contributed by atoms with van der Waals surface area (Å²) in [5.74, 6) is -2.26. The molecular weight excluding hydrogens is 995 g/mol. The summed E-state index contributed by atoms with van der Waals surface area (Å²) < 4.78 is 0. The number of hydrogen-bond acceptors (Lipinski definition) is 12. The van der Waals surface area contributed by atoms with Crippen LogP contribution in [0.2, 0.25) is 0 Å². The fourth-order valence-corrected chi connectivity index (χ4v) is 14.0. The van der Waals surface area contributed by atoms with Gasteiger partial charge in [-0.3, -0.25) is 19.9 Å². The zero-order valence-corrected chi connectivity index (χ0v) is 46.7. The van der Waals surface area contributed by atoms with E-state index in [1.165, 1.54) is 5.57 Å². The summed E-state index contributed by atoms with van der Waals surface area (Å²) in [6.45, 7) is 14.7. The van der Waals surface area contributed by atoms with Crippen LogP contribution >= 0.6 is 0 Å². The van der Waals surface area contributed by atoms with Crippen molar-refractivity contribution in [3.63, 3.8) is 0 Å². The lowest BCUT2D eigenvalue weighted by molar-refractivity contribution is -0.174. The summed E-state index contributed by atoms with van der Waals surface area (Å²) in [5, 5.41) is 82.2. The molecule has 0 radical (unpaired) electrons. The summed E-state index contributed by atoms with van der Waals surface area (Å²) >= 11 is 0. The standard InChI is InChI=1S/C64H85N7O8/c1-7-68-53(21-14-37(2)3)38(4)28-42-22-25-63(45(30-42)36-72)26-27-64(60(63)78)52-20-19-47(74)31-40-10-8-11-41(29-40)32-50(51(34-70-61(66)67)43-15-17-46(73)18-16-43)55(76)35-69-57-56-44(12-9-13-49(56)58(65)71-59(57)77)33-54(75)39(5)48(52)23-24-62(64,6)79/h8-18,22,25,28-30,47,50-53,55,57-58,60,68-69,72-74,76,78-79H,4,7,19-21,23-24,26-27,31-36,65H2,1-3,5-6H3,(H,71,77)(H4,66,67,70)/b42-28+,48-39+/t47-,50-,51+,52+,53-,55+,57-,58+,60+,62+,63+,64+/m0/s1. The average molecular weight is 1080 g/mol. The molecule has 15 nitrogen and oxygen atoms in total. The lowest BCUT2D eigenvalue weighted by atomic mass is 9.51. The van der Waals surface area contributed by atoms with E-state index in [0.717, 1.165) is 46.4 Å². The fraction of sp³-hybridized carbons (Fsp3) is 0.484. The predicted molar refractivity (Wildman–Crippen MR) is 310 cm³/mol. The molecule has 0 aromatic heterocycles. The number of nitrogens with two attached hydrogens (primary N) is 3. The van der Waals surface area contributed by atoms with Gasteiger partial charge in [0.05, 0.1) is 30.5 Å². The van der Waals surface area contributed by atoms with Crippen molar-refractivity contribution < 1.29 is 40.2 Å². The molecule has 12 atom stereocenters. The Balaban J connectivity index is 1.21. The first-order chi connectivity index (χ1) is 37.6. The van der Waals surface area contributed by atoms with Gasteiger partial charge >= 0.3 is 0 Å². The Bertz CT molecular complexity index is 2930. The zero-order chi connectivity index (χ0) is 57.0. The number of β-amino-alcohol motifs (C(OH)–C–C–N with tert-alkyl or cyclic N) is 1. The highest BCUT2D eigenvalue weighted by Crippen LogP contribution is 2.67. The van der Waals surface area contributed by atoms with Crippen LogP contribution in [0.25, 0.3) is 0 Å². The van der Waals surface area contributed by atoms with Crippen molar-refractivity contribution in [3.8, 4) is 5.75 Å². The number of aliphatic imine (C=N–C) groups is 1. The Morgan fingerprint density at radius 2 is 1.71 bits per heavy atom. The second-order valence-electron chi connectivity index (χ2n) is 23.5. The first-order valence-electron chi connectivity index (χ1n) is 28.2. The molecule has 424 valence electrons. The molecule has 15 heteroatoms. The molecule has 2 heterocycles. The van der Waals surface area contributed by atoms with Crippen LogP contribution in [-0.4, -0.2) is 104 Å². The van der Waals surface area contributed by atoms with Gasteiger partial charge in [-0.2, -0.15) is 0 Å². The number of amides is 1. The fourth-order valence-electron chi connectivity index (χ4n) is 14.0. The third-order valence-electron chi connectivity index (χ3n) is 18.3. The number of Topliss-reactive ketones (excluding diaryl/α,β-unsaturated/α-hetero) is 1. The van der Waals surface area contributed by atoms with Gasteiger partial charge in [0, 0.05) is 42.3 Å². The van der Waals surface area contributed by atoms with Gasteiger partial charge in [-0.15, -0.1) is 0 Å². The largest absolute Gasteiger partial charge is 0.508 e. The number of aromatic hydroxyl groups is 1. The molecule has 2 saturated carbocycles. The minimum Gasteiger partial charge on any atom is -0.508 e. The smallest absolute Gasteiger partial charge is 0.243 e. The normalized spacial score (nSPS) is 31.6. The number of allylic oxidation sites excluding steroid dienone is 6.